The summed E-state index contributed by atoms with van der Waals surface area (Å²) < 4.78 is 1.90. The Bertz CT molecular complexity index is 368. The lowest BCUT2D eigenvalue weighted by Gasteiger charge is -2.21. The maximum absolute atomic E-state index is 11.4. The Kier molecular flexibility index (Phi) is 4.12. The molecule has 0 bridgehead atoms. The van der Waals surface area contributed by atoms with Crippen molar-refractivity contribution in [3.63, 3.8) is 0 Å². The molecule has 1 saturated carbocycles. The fraction of sp³-hybridized carbons (Fsp3) is 0.750. The number of aromatic nitrogens is 3. The average molecular weight is 236 g/mol. The van der Waals surface area contributed by atoms with E-state index in [-0.39, 0.29) is 5.91 Å². The molecule has 94 valence electrons. The van der Waals surface area contributed by atoms with Crippen LogP contribution in [0.25, 0.3) is 0 Å². The van der Waals surface area contributed by atoms with E-state index in [4.69, 9.17) is 0 Å². The Morgan fingerprint density at radius 2 is 2.24 bits per heavy atom. The van der Waals surface area contributed by atoms with Crippen LogP contribution in [0.15, 0.2) is 6.33 Å². The summed E-state index contributed by atoms with van der Waals surface area (Å²) >= 11 is 0. The Labute approximate surface area is 102 Å². The third-order valence-corrected chi connectivity index (χ3v) is 3.19. The van der Waals surface area contributed by atoms with Gasteiger partial charge in [-0.15, -0.1) is 5.10 Å². The zero-order chi connectivity index (χ0) is 12.1. The van der Waals surface area contributed by atoms with E-state index < -0.39 is 0 Å². The summed E-state index contributed by atoms with van der Waals surface area (Å²) in [7, 11) is 0. The van der Waals surface area contributed by atoms with Crippen LogP contribution in [-0.2, 0) is 4.79 Å². The van der Waals surface area contributed by atoms with Crippen molar-refractivity contribution >= 4 is 11.9 Å². The molecule has 1 aliphatic rings. The molecule has 17 heavy (non-hydrogen) atoms. The van der Waals surface area contributed by atoms with Gasteiger partial charge in [0.2, 0.25) is 11.9 Å². The molecule has 1 heterocycles. The molecule has 0 aromatic carbocycles. The van der Waals surface area contributed by atoms with E-state index in [2.05, 4.69) is 15.4 Å². The van der Waals surface area contributed by atoms with Crippen LogP contribution in [0.3, 0.4) is 0 Å². The minimum Gasteiger partial charge on any atom is -0.293 e. The first kappa shape index (κ1) is 12.1. The second kappa shape index (κ2) is 5.80. The van der Waals surface area contributed by atoms with Crippen LogP contribution in [0.1, 0.15) is 57.9 Å². The summed E-state index contributed by atoms with van der Waals surface area (Å²) in [6.45, 7) is 1.98. The first-order valence-electron chi connectivity index (χ1n) is 6.50. The van der Waals surface area contributed by atoms with Gasteiger partial charge in [0.25, 0.3) is 0 Å². The highest BCUT2D eigenvalue weighted by molar-refractivity contribution is 5.88. The van der Waals surface area contributed by atoms with E-state index in [1.54, 1.807) is 6.33 Å². The highest BCUT2D eigenvalue weighted by Crippen LogP contribution is 2.27. The standard InChI is InChI=1S/C12H20N4O/c1-2-6-11(17)14-12-13-9-16(15-12)10-7-4-3-5-8-10/h9-10H,2-8H2,1H3,(H,14,15,17). The SMILES string of the molecule is CCCC(=O)Nc1ncn(C2CCCCC2)n1. The number of carbonyl (C=O) groups is 1. The molecule has 1 N–H and O–H groups in total. The largest absolute Gasteiger partial charge is 0.293 e. The van der Waals surface area contributed by atoms with Crippen LogP contribution in [0, 0.1) is 0 Å². The van der Waals surface area contributed by atoms with Crippen molar-refractivity contribution in [2.75, 3.05) is 5.32 Å². The van der Waals surface area contributed by atoms with Crippen molar-refractivity contribution in [2.24, 2.45) is 0 Å². The lowest BCUT2D eigenvalue weighted by Crippen LogP contribution is -2.15. The summed E-state index contributed by atoms with van der Waals surface area (Å²) in [5, 5.41) is 7.05. The number of hydrogen-bond acceptors (Lipinski definition) is 3. The van der Waals surface area contributed by atoms with Crippen molar-refractivity contribution in [3.05, 3.63) is 6.33 Å². The van der Waals surface area contributed by atoms with E-state index in [0.717, 1.165) is 6.42 Å². The zero-order valence-electron chi connectivity index (χ0n) is 10.4. The molecular weight excluding hydrogens is 216 g/mol. The molecule has 0 spiro atoms. The monoisotopic (exact) mass is 236 g/mol. The molecule has 2 rings (SSSR count). The van der Waals surface area contributed by atoms with Gasteiger partial charge in [-0.25, -0.2) is 9.67 Å². The smallest absolute Gasteiger partial charge is 0.248 e. The van der Waals surface area contributed by atoms with Crippen LogP contribution in [0.4, 0.5) is 5.95 Å². The third kappa shape index (κ3) is 3.28. The lowest BCUT2D eigenvalue weighted by molar-refractivity contribution is -0.116. The summed E-state index contributed by atoms with van der Waals surface area (Å²) in [6.07, 6.45) is 9.30. The maximum Gasteiger partial charge on any atom is 0.248 e. The van der Waals surface area contributed by atoms with Crippen LogP contribution in [0.2, 0.25) is 0 Å². The van der Waals surface area contributed by atoms with Gasteiger partial charge >= 0.3 is 0 Å². The topological polar surface area (TPSA) is 59.8 Å². The Morgan fingerprint density at radius 1 is 1.47 bits per heavy atom. The molecule has 0 saturated heterocycles. The van der Waals surface area contributed by atoms with E-state index in [9.17, 15) is 4.79 Å². The number of hydrogen-bond donors (Lipinski definition) is 1. The molecule has 5 nitrogen and oxygen atoms in total. The van der Waals surface area contributed by atoms with Crippen LogP contribution in [0.5, 0.6) is 0 Å². The van der Waals surface area contributed by atoms with E-state index in [1.165, 1.54) is 32.1 Å². The van der Waals surface area contributed by atoms with E-state index in [0.29, 0.717) is 18.4 Å². The number of rotatable bonds is 4. The van der Waals surface area contributed by atoms with Crippen molar-refractivity contribution in [1.29, 1.82) is 0 Å². The number of carbonyl (C=O) groups excluding carboxylic acids is 1. The quantitative estimate of drug-likeness (QED) is 0.873. The molecular formula is C12H20N4O. The molecule has 1 aromatic rings. The first-order valence-corrected chi connectivity index (χ1v) is 6.50. The minimum absolute atomic E-state index is 0.00565. The molecule has 1 aromatic heterocycles. The van der Waals surface area contributed by atoms with Crippen molar-refractivity contribution < 1.29 is 4.79 Å². The van der Waals surface area contributed by atoms with Gasteiger partial charge in [-0.3, -0.25) is 10.1 Å². The van der Waals surface area contributed by atoms with Crippen LogP contribution >= 0.6 is 0 Å². The second-order valence-electron chi connectivity index (χ2n) is 4.64. The molecule has 0 atom stereocenters. The van der Waals surface area contributed by atoms with Gasteiger partial charge in [0, 0.05) is 6.42 Å². The molecule has 0 aliphatic heterocycles. The fourth-order valence-corrected chi connectivity index (χ4v) is 2.27. The van der Waals surface area contributed by atoms with E-state index >= 15 is 0 Å². The van der Waals surface area contributed by atoms with Crippen molar-refractivity contribution in [2.45, 2.75) is 57.9 Å². The van der Waals surface area contributed by atoms with Gasteiger partial charge in [-0.2, -0.15) is 0 Å². The fourth-order valence-electron chi connectivity index (χ4n) is 2.27. The van der Waals surface area contributed by atoms with Crippen molar-refractivity contribution in [1.82, 2.24) is 14.8 Å². The van der Waals surface area contributed by atoms with Gasteiger partial charge < -0.3 is 0 Å². The predicted molar refractivity (Wildman–Crippen MR) is 65.7 cm³/mol. The predicted octanol–water partition coefficient (Wildman–Crippen LogP) is 2.52. The molecule has 0 unspecified atom stereocenters. The number of anilines is 1. The number of nitrogens with one attached hydrogen (secondary N) is 1. The maximum atomic E-state index is 11.4. The van der Waals surface area contributed by atoms with Crippen LogP contribution in [-0.4, -0.2) is 20.7 Å². The molecule has 1 aliphatic carbocycles. The summed E-state index contributed by atoms with van der Waals surface area (Å²) in [6, 6.07) is 0.466. The van der Waals surface area contributed by atoms with Gasteiger partial charge in [-0.05, 0) is 19.3 Å². The average Bonchev–Trinajstić information content (AvgIpc) is 2.79. The highest BCUT2D eigenvalue weighted by Gasteiger charge is 2.16. The highest BCUT2D eigenvalue weighted by atomic mass is 16.1. The van der Waals surface area contributed by atoms with Gasteiger partial charge in [-0.1, -0.05) is 26.2 Å². The lowest BCUT2D eigenvalue weighted by atomic mass is 9.96. The Hall–Kier alpha value is -1.39. The Balaban J connectivity index is 1.93. The number of nitrogens with zero attached hydrogens (tertiary/aromatic N) is 3. The Morgan fingerprint density at radius 3 is 2.94 bits per heavy atom. The second-order valence-corrected chi connectivity index (χ2v) is 4.64. The summed E-state index contributed by atoms with van der Waals surface area (Å²) in [5.74, 6) is 0.433. The van der Waals surface area contributed by atoms with Gasteiger partial charge in [0.05, 0.1) is 6.04 Å². The molecule has 1 amide bonds. The summed E-state index contributed by atoms with van der Waals surface area (Å²) in [5.41, 5.74) is 0. The third-order valence-electron chi connectivity index (χ3n) is 3.19. The summed E-state index contributed by atoms with van der Waals surface area (Å²) in [4.78, 5) is 15.5. The first-order chi connectivity index (χ1) is 8.29. The molecule has 0 radical (unpaired) electrons. The van der Waals surface area contributed by atoms with Gasteiger partial charge in [0.15, 0.2) is 0 Å². The number of amides is 1. The molecule has 1 fully saturated rings. The van der Waals surface area contributed by atoms with Crippen LogP contribution < -0.4 is 5.32 Å². The van der Waals surface area contributed by atoms with E-state index in [1.807, 2.05) is 11.6 Å². The zero-order valence-corrected chi connectivity index (χ0v) is 10.4. The van der Waals surface area contributed by atoms with Gasteiger partial charge in [0.1, 0.15) is 6.33 Å². The minimum atomic E-state index is -0.00565. The van der Waals surface area contributed by atoms with Crippen molar-refractivity contribution in [3.8, 4) is 0 Å². The molecule has 5 heteroatoms. The normalized spacial score (nSPS) is 17.0.